The van der Waals surface area contributed by atoms with Crippen molar-refractivity contribution in [3.05, 3.63) is 23.8 Å². The van der Waals surface area contributed by atoms with Gasteiger partial charge in [0.2, 0.25) is 15.9 Å². The van der Waals surface area contributed by atoms with Crippen molar-refractivity contribution in [2.45, 2.75) is 56.4 Å². The second-order valence-corrected chi connectivity index (χ2v) is 10.1. The van der Waals surface area contributed by atoms with Crippen LogP contribution in [0.5, 0.6) is 5.75 Å². The molecule has 8 heteroatoms. The summed E-state index contributed by atoms with van der Waals surface area (Å²) in [6.07, 6.45) is 3.39. The first-order chi connectivity index (χ1) is 13.8. The highest BCUT2D eigenvalue weighted by Gasteiger charge is 2.35. The Morgan fingerprint density at radius 1 is 1.31 bits per heavy atom. The molecule has 0 unspecified atom stereocenters. The van der Waals surface area contributed by atoms with Gasteiger partial charge in [-0.3, -0.25) is 4.79 Å². The summed E-state index contributed by atoms with van der Waals surface area (Å²) >= 11 is 0. The lowest BCUT2D eigenvalue weighted by molar-refractivity contribution is -0.126. The van der Waals surface area contributed by atoms with Gasteiger partial charge in [-0.2, -0.15) is 4.31 Å². The van der Waals surface area contributed by atoms with Crippen LogP contribution in [0.1, 0.15) is 51.0 Å². The number of carbonyl (C=O) groups excluding carboxylic acids is 1. The lowest BCUT2D eigenvalue weighted by Crippen LogP contribution is -2.46. The van der Waals surface area contributed by atoms with Crippen LogP contribution in [-0.4, -0.2) is 58.1 Å². The fourth-order valence-corrected chi connectivity index (χ4v) is 5.65. The summed E-state index contributed by atoms with van der Waals surface area (Å²) < 4.78 is 39.0. The standard InChI is InChI=1S/C21H32N2O5S/c1-15(2)16-8-9-19(27-3)20(12-16)29(25,26)23-10-4-6-17(14-23)21(24)22-13-18-7-5-11-28-18/h8-9,12,15,17-18H,4-7,10-11,13-14H2,1-3H3,(H,22,24)/t17-,18+/m0/s1. The van der Waals surface area contributed by atoms with Crippen molar-refractivity contribution in [1.82, 2.24) is 9.62 Å². The zero-order valence-corrected chi connectivity index (χ0v) is 18.3. The molecular formula is C21H32N2O5S. The number of rotatable bonds is 7. The van der Waals surface area contributed by atoms with Crippen molar-refractivity contribution in [3.63, 3.8) is 0 Å². The van der Waals surface area contributed by atoms with E-state index in [9.17, 15) is 13.2 Å². The van der Waals surface area contributed by atoms with Crippen LogP contribution in [0, 0.1) is 5.92 Å². The van der Waals surface area contributed by atoms with Crippen LogP contribution in [0.15, 0.2) is 23.1 Å². The van der Waals surface area contributed by atoms with Crippen LogP contribution in [-0.2, 0) is 19.6 Å². The molecule has 3 rings (SSSR count). The smallest absolute Gasteiger partial charge is 0.246 e. The second-order valence-electron chi connectivity index (χ2n) is 8.15. The second kappa shape index (κ2) is 9.45. The summed E-state index contributed by atoms with van der Waals surface area (Å²) in [5, 5.41) is 2.94. The number of methoxy groups -OCH3 is 1. The molecule has 0 aliphatic carbocycles. The fraction of sp³-hybridized carbons (Fsp3) is 0.667. The monoisotopic (exact) mass is 424 g/mol. The molecule has 2 fully saturated rings. The number of hydrogen-bond donors (Lipinski definition) is 1. The summed E-state index contributed by atoms with van der Waals surface area (Å²) in [6, 6.07) is 5.29. The highest BCUT2D eigenvalue weighted by Crippen LogP contribution is 2.32. The Labute approximate surface area is 173 Å². The first-order valence-electron chi connectivity index (χ1n) is 10.4. The fourth-order valence-electron chi connectivity index (χ4n) is 3.93. The molecule has 162 valence electrons. The van der Waals surface area contributed by atoms with E-state index in [1.807, 2.05) is 19.9 Å². The number of ether oxygens (including phenoxy) is 2. The van der Waals surface area contributed by atoms with E-state index in [1.165, 1.54) is 11.4 Å². The highest BCUT2D eigenvalue weighted by atomic mass is 32.2. The van der Waals surface area contributed by atoms with Gasteiger partial charge in [-0.15, -0.1) is 0 Å². The zero-order chi connectivity index (χ0) is 21.0. The average Bonchev–Trinajstić information content (AvgIpc) is 3.25. The van der Waals surface area contributed by atoms with Crippen LogP contribution in [0.3, 0.4) is 0 Å². The molecule has 0 spiro atoms. The molecule has 2 atom stereocenters. The number of sulfonamides is 1. The number of benzene rings is 1. The van der Waals surface area contributed by atoms with Gasteiger partial charge in [0.1, 0.15) is 10.6 Å². The predicted molar refractivity (Wildman–Crippen MR) is 111 cm³/mol. The van der Waals surface area contributed by atoms with Gasteiger partial charge in [0, 0.05) is 26.2 Å². The maximum Gasteiger partial charge on any atom is 0.246 e. The van der Waals surface area contributed by atoms with Gasteiger partial charge in [0.25, 0.3) is 0 Å². The molecule has 1 amide bonds. The SMILES string of the molecule is COc1ccc(C(C)C)cc1S(=O)(=O)N1CCC[C@H](C(=O)NC[C@H]2CCCO2)C1. The van der Waals surface area contributed by atoms with Crippen molar-refractivity contribution >= 4 is 15.9 Å². The Balaban J connectivity index is 1.73. The van der Waals surface area contributed by atoms with E-state index >= 15 is 0 Å². The molecule has 1 aromatic carbocycles. The Bertz CT molecular complexity index is 818. The number of piperidine rings is 1. The maximum absolute atomic E-state index is 13.4. The first kappa shape index (κ1) is 22.1. The Morgan fingerprint density at radius 3 is 2.76 bits per heavy atom. The quantitative estimate of drug-likeness (QED) is 0.727. The van der Waals surface area contributed by atoms with E-state index in [-0.39, 0.29) is 35.3 Å². The molecule has 1 N–H and O–H groups in total. The van der Waals surface area contributed by atoms with Gasteiger partial charge in [0.15, 0.2) is 0 Å². The molecular weight excluding hydrogens is 392 g/mol. The summed E-state index contributed by atoms with van der Waals surface area (Å²) in [4.78, 5) is 12.8. The molecule has 0 aromatic heterocycles. The van der Waals surface area contributed by atoms with E-state index < -0.39 is 10.0 Å². The van der Waals surface area contributed by atoms with Gasteiger partial charge in [-0.1, -0.05) is 19.9 Å². The molecule has 2 saturated heterocycles. The average molecular weight is 425 g/mol. The van der Waals surface area contributed by atoms with E-state index in [1.54, 1.807) is 12.1 Å². The van der Waals surface area contributed by atoms with E-state index in [4.69, 9.17) is 9.47 Å². The van der Waals surface area contributed by atoms with E-state index in [0.29, 0.717) is 31.7 Å². The van der Waals surface area contributed by atoms with Crippen LogP contribution >= 0.6 is 0 Å². The topological polar surface area (TPSA) is 84.9 Å². The largest absolute Gasteiger partial charge is 0.495 e. The molecule has 2 aliphatic heterocycles. The lowest BCUT2D eigenvalue weighted by Gasteiger charge is -2.32. The van der Waals surface area contributed by atoms with Gasteiger partial charge in [0.05, 0.1) is 19.1 Å². The zero-order valence-electron chi connectivity index (χ0n) is 17.5. The molecule has 1 aromatic rings. The lowest BCUT2D eigenvalue weighted by atomic mass is 9.99. The molecule has 0 saturated carbocycles. The minimum Gasteiger partial charge on any atom is -0.495 e. The number of amides is 1. The van der Waals surface area contributed by atoms with Gasteiger partial charge >= 0.3 is 0 Å². The molecule has 0 bridgehead atoms. The van der Waals surface area contributed by atoms with Crippen molar-refractivity contribution < 1.29 is 22.7 Å². The summed E-state index contributed by atoms with van der Waals surface area (Å²) in [6.45, 7) is 5.88. The highest BCUT2D eigenvalue weighted by molar-refractivity contribution is 7.89. The van der Waals surface area contributed by atoms with Crippen LogP contribution < -0.4 is 10.1 Å². The summed E-state index contributed by atoms with van der Waals surface area (Å²) in [5.41, 5.74) is 0.937. The molecule has 29 heavy (non-hydrogen) atoms. The number of nitrogens with zero attached hydrogens (tertiary/aromatic N) is 1. The number of carbonyl (C=O) groups is 1. The van der Waals surface area contributed by atoms with Crippen LogP contribution in [0.2, 0.25) is 0 Å². The van der Waals surface area contributed by atoms with Gasteiger partial charge in [-0.25, -0.2) is 8.42 Å². The first-order valence-corrected chi connectivity index (χ1v) is 11.8. The third kappa shape index (κ3) is 5.10. The van der Waals surface area contributed by atoms with Crippen LogP contribution in [0.4, 0.5) is 0 Å². The normalized spacial score (nSPS) is 23.3. The minimum absolute atomic E-state index is 0.0745. The minimum atomic E-state index is -3.75. The van der Waals surface area contributed by atoms with Crippen molar-refractivity contribution in [1.29, 1.82) is 0 Å². The van der Waals surface area contributed by atoms with E-state index in [2.05, 4.69) is 5.32 Å². The summed E-state index contributed by atoms with van der Waals surface area (Å²) in [7, 11) is -2.28. The number of hydrogen-bond acceptors (Lipinski definition) is 5. The molecule has 7 nitrogen and oxygen atoms in total. The Kier molecular flexibility index (Phi) is 7.19. The Morgan fingerprint density at radius 2 is 2.10 bits per heavy atom. The molecule has 2 heterocycles. The van der Waals surface area contributed by atoms with Crippen molar-refractivity contribution in [3.8, 4) is 5.75 Å². The third-order valence-electron chi connectivity index (χ3n) is 5.76. The van der Waals surface area contributed by atoms with Crippen LogP contribution in [0.25, 0.3) is 0 Å². The van der Waals surface area contributed by atoms with Crippen molar-refractivity contribution in [2.24, 2.45) is 5.92 Å². The van der Waals surface area contributed by atoms with Crippen molar-refractivity contribution in [2.75, 3.05) is 33.4 Å². The predicted octanol–water partition coefficient (Wildman–Crippen LogP) is 2.51. The maximum atomic E-state index is 13.4. The molecule has 0 radical (unpaired) electrons. The number of nitrogens with one attached hydrogen (secondary N) is 1. The van der Waals surface area contributed by atoms with Gasteiger partial charge in [-0.05, 0) is 49.3 Å². The third-order valence-corrected chi connectivity index (χ3v) is 7.64. The summed E-state index contributed by atoms with van der Waals surface area (Å²) in [5.74, 6) is 0.0920. The molecule has 2 aliphatic rings. The van der Waals surface area contributed by atoms with E-state index in [0.717, 1.165) is 25.0 Å². The Hall–Kier alpha value is -1.64. The van der Waals surface area contributed by atoms with Gasteiger partial charge < -0.3 is 14.8 Å².